The van der Waals surface area contributed by atoms with E-state index in [0.717, 1.165) is 103 Å². The van der Waals surface area contributed by atoms with Crippen molar-refractivity contribution in [3.8, 4) is 0 Å². The van der Waals surface area contributed by atoms with Crippen LogP contribution in [0.15, 0.2) is 44.6 Å². The van der Waals surface area contributed by atoms with Gasteiger partial charge in [-0.1, -0.05) is 64.2 Å². The average molecular weight is 641 g/mol. The van der Waals surface area contributed by atoms with Gasteiger partial charge in [0, 0.05) is 44.6 Å². The number of hydrogen-bond donors (Lipinski definition) is 0. The lowest BCUT2D eigenvalue weighted by atomic mass is 9.84. The van der Waals surface area contributed by atoms with Gasteiger partial charge in [0.2, 0.25) is 0 Å². The lowest BCUT2D eigenvalue weighted by Crippen LogP contribution is -2.20. The Bertz CT molecular complexity index is 1150. The largest absolute Gasteiger partial charge is 0.477 e. The molecule has 0 aromatic heterocycles. The second kappa shape index (κ2) is 20.9. The molecule has 0 radical (unpaired) electrons. The van der Waals surface area contributed by atoms with E-state index >= 15 is 0 Å². The van der Waals surface area contributed by atoms with Crippen LogP contribution < -0.4 is 0 Å². The fraction of sp³-hybridized carbons (Fsp3) is 0.684. The molecule has 0 aromatic carbocycles. The zero-order valence-corrected chi connectivity index (χ0v) is 29.4. The highest BCUT2D eigenvalue weighted by Crippen LogP contribution is 2.29. The number of rotatable bonds is 24. The van der Waals surface area contributed by atoms with E-state index in [1.807, 2.05) is 0 Å². The van der Waals surface area contributed by atoms with Crippen molar-refractivity contribution in [3.05, 3.63) is 49.5 Å². The van der Waals surface area contributed by atoms with Crippen molar-refractivity contribution >= 4 is 23.1 Å². The normalized spacial score (nSPS) is 16.0. The van der Waals surface area contributed by atoms with Crippen LogP contribution in [-0.4, -0.2) is 41.4 Å². The Labute approximate surface area is 276 Å². The highest BCUT2D eigenvalue weighted by molar-refractivity contribution is 6.25. The Kier molecular flexibility index (Phi) is 17.7. The van der Waals surface area contributed by atoms with Crippen LogP contribution in [0.5, 0.6) is 0 Å². The van der Waals surface area contributed by atoms with Gasteiger partial charge in [-0.2, -0.15) is 9.68 Å². The van der Waals surface area contributed by atoms with Crippen LogP contribution in [0.3, 0.4) is 0 Å². The maximum Gasteiger partial charge on any atom is 0.477 e. The van der Waals surface area contributed by atoms with E-state index in [1.54, 1.807) is 41.5 Å². The van der Waals surface area contributed by atoms with Crippen molar-refractivity contribution in [1.29, 1.82) is 0 Å². The van der Waals surface area contributed by atoms with Gasteiger partial charge in [0.25, 0.3) is 0 Å². The molecule has 0 unspecified atom stereocenters. The predicted molar refractivity (Wildman–Crippen MR) is 181 cm³/mol. The van der Waals surface area contributed by atoms with E-state index in [4.69, 9.17) is 9.68 Å². The van der Waals surface area contributed by atoms with Gasteiger partial charge in [0.15, 0.2) is 36.3 Å². The van der Waals surface area contributed by atoms with Gasteiger partial charge < -0.3 is 0 Å². The molecule has 2 aliphatic rings. The fourth-order valence-electron chi connectivity index (χ4n) is 6.16. The summed E-state index contributed by atoms with van der Waals surface area (Å²) in [7, 11) is 0. The summed E-state index contributed by atoms with van der Waals surface area (Å²) in [5, 5.41) is 0.251. The molecule has 0 aliphatic heterocycles. The topological polar surface area (TPSA) is 107 Å². The monoisotopic (exact) mass is 640 g/mol. The minimum atomic E-state index is 0.0117. The molecule has 8 nitrogen and oxygen atoms in total. The van der Waals surface area contributed by atoms with Crippen molar-refractivity contribution in [2.24, 2.45) is 0 Å². The van der Waals surface area contributed by atoms with Crippen molar-refractivity contribution in [2.45, 2.75) is 157 Å². The summed E-state index contributed by atoms with van der Waals surface area (Å²) in [6, 6.07) is 0. The van der Waals surface area contributed by atoms with E-state index in [1.165, 1.54) is 0 Å². The smallest absolute Gasteiger partial charge is 0.289 e. The first-order chi connectivity index (χ1) is 22.0. The molecule has 2 aliphatic carbocycles. The van der Waals surface area contributed by atoms with Crippen LogP contribution in [0.25, 0.3) is 0 Å². The lowest BCUT2D eigenvalue weighted by Gasteiger charge is -2.18. The Morgan fingerprint density at radius 2 is 0.630 bits per heavy atom. The van der Waals surface area contributed by atoms with E-state index in [0.29, 0.717) is 70.6 Å². The summed E-state index contributed by atoms with van der Waals surface area (Å²) in [5.74, 6) is 0.102. The molecule has 2 rings (SSSR count). The van der Waals surface area contributed by atoms with Crippen molar-refractivity contribution in [1.82, 2.24) is 0 Å². The van der Waals surface area contributed by atoms with Crippen molar-refractivity contribution in [3.63, 3.8) is 0 Å². The van der Waals surface area contributed by atoms with Gasteiger partial charge in [-0.25, -0.2) is 0 Å². The molecular formula is C38H58NO7+. The second-order valence-electron chi connectivity index (χ2n) is 13.1. The first-order valence-electron chi connectivity index (χ1n) is 17.6. The van der Waals surface area contributed by atoms with Crippen molar-refractivity contribution in [2.75, 3.05) is 13.2 Å². The number of ketones is 4. The first-order valence-corrected chi connectivity index (χ1v) is 17.6. The van der Waals surface area contributed by atoms with Crippen LogP contribution in [0.1, 0.15) is 157 Å². The molecule has 0 aromatic rings. The minimum Gasteiger partial charge on any atom is -0.289 e. The molecule has 8 heteroatoms. The standard InChI is InChI=1S/C38H58NO7/c1-27-29(3)37(42)33(31(5)35(27)40)23-19-15-11-7-9-13-17-21-25-45-39(44)46-26-22-18-14-10-8-12-16-20-24-34-32(6)36(41)28(2)30(4)38(34)43/h7-26H2,1-6H3/q+1. The maximum atomic E-state index is 12.5. The zero-order chi connectivity index (χ0) is 34.1. The van der Waals surface area contributed by atoms with Crippen LogP contribution >= 0.6 is 0 Å². The minimum absolute atomic E-state index is 0.0117. The number of hydrogen-bond acceptors (Lipinski definition) is 7. The van der Waals surface area contributed by atoms with Gasteiger partial charge >= 0.3 is 5.09 Å². The average Bonchev–Trinajstić information content (AvgIpc) is 3.04. The number of carbonyl (C=O) groups is 4. The first kappa shape index (κ1) is 39.0. The summed E-state index contributed by atoms with van der Waals surface area (Å²) in [6.07, 6.45) is 18.0. The molecule has 0 saturated carbocycles. The van der Waals surface area contributed by atoms with E-state index in [2.05, 4.69) is 0 Å². The van der Waals surface area contributed by atoms with Crippen LogP contribution in [-0.2, 0) is 28.9 Å². The molecule has 0 saturated heterocycles. The number of allylic oxidation sites excluding steroid dienone is 8. The Hall–Kier alpha value is -3.16. The van der Waals surface area contributed by atoms with Crippen LogP contribution in [0.2, 0.25) is 0 Å². The fourth-order valence-corrected chi connectivity index (χ4v) is 6.16. The van der Waals surface area contributed by atoms with Gasteiger partial charge in [0.05, 0.1) is 0 Å². The number of nitrogens with zero attached hydrogens (tertiary/aromatic N) is 1. The summed E-state index contributed by atoms with van der Waals surface area (Å²) >= 11 is 0. The summed E-state index contributed by atoms with van der Waals surface area (Å²) in [6.45, 7) is 11.2. The molecule has 0 fully saturated rings. The van der Waals surface area contributed by atoms with Gasteiger partial charge in [-0.3, -0.25) is 19.2 Å². The quantitative estimate of drug-likeness (QED) is 0.0588. The number of carbonyl (C=O) groups excluding carboxylic acids is 4. The molecule has 0 amide bonds. The SMILES string of the molecule is CC1=C(C)C(=O)C(CCCCCCCCCCO[N+](=O)OCCCCCCCCCCC2=C(C)C(=O)C(C)=C(C)C2=O)=C(C)C1=O. The van der Waals surface area contributed by atoms with Crippen LogP contribution in [0.4, 0.5) is 0 Å². The second-order valence-corrected chi connectivity index (χ2v) is 13.1. The molecule has 0 heterocycles. The molecule has 0 atom stereocenters. The molecule has 46 heavy (non-hydrogen) atoms. The Morgan fingerprint density at radius 3 is 0.957 bits per heavy atom. The number of Topliss-reactive ketones (excluding diaryl/α,β-unsaturated/α-hetero) is 4. The molecule has 256 valence electrons. The van der Waals surface area contributed by atoms with Gasteiger partial charge in [-0.05, 0) is 92.9 Å². The maximum absolute atomic E-state index is 12.5. The lowest BCUT2D eigenvalue weighted by molar-refractivity contribution is -0.981. The molecule has 0 N–H and O–H groups in total. The third-order valence-corrected chi connectivity index (χ3v) is 9.66. The van der Waals surface area contributed by atoms with Crippen LogP contribution in [0, 0.1) is 4.91 Å². The van der Waals surface area contributed by atoms with E-state index in [9.17, 15) is 24.1 Å². The predicted octanol–water partition coefficient (Wildman–Crippen LogP) is 9.26. The Balaban J connectivity index is 1.35. The molecule has 0 bridgehead atoms. The van der Waals surface area contributed by atoms with Crippen molar-refractivity contribution < 1.29 is 33.9 Å². The highest BCUT2D eigenvalue weighted by Gasteiger charge is 2.28. The molecular weight excluding hydrogens is 582 g/mol. The summed E-state index contributed by atoms with van der Waals surface area (Å²) in [4.78, 5) is 71.5. The van der Waals surface area contributed by atoms with Gasteiger partial charge in [0.1, 0.15) is 4.91 Å². The Morgan fingerprint density at radius 1 is 0.370 bits per heavy atom. The third-order valence-electron chi connectivity index (χ3n) is 9.66. The summed E-state index contributed by atoms with van der Waals surface area (Å²) < 4.78 is 0. The summed E-state index contributed by atoms with van der Waals surface area (Å²) in [5.41, 5.74) is 4.99. The van der Waals surface area contributed by atoms with E-state index in [-0.39, 0.29) is 28.2 Å². The van der Waals surface area contributed by atoms with E-state index < -0.39 is 0 Å². The van der Waals surface area contributed by atoms with Gasteiger partial charge in [-0.15, -0.1) is 0 Å². The number of unbranched alkanes of at least 4 members (excludes halogenated alkanes) is 14. The third kappa shape index (κ3) is 12.2. The zero-order valence-electron chi connectivity index (χ0n) is 29.4. The molecule has 0 spiro atoms. The highest BCUT2D eigenvalue weighted by atomic mass is 17.0.